The van der Waals surface area contributed by atoms with Crippen LogP contribution in [0.1, 0.15) is 65.2 Å². The van der Waals surface area contributed by atoms with E-state index in [0.717, 1.165) is 22.3 Å². The predicted octanol–water partition coefficient (Wildman–Crippen LogP) is 4.86. The number of anilines is 1. The Hall–Kier alpha value is -4.06. The monoisotopic (exact) mass is 493 g/mol. The molecular formula is C31H27NO5. The number of nitrogens with zero attached hydrogens (tertiary/aromatic N) is 1. The summed E-state index contributed by atoms with van der Waals surface area (Å²) in [4.78, 5) is 54.0. The molecule has 0 saturated carbocycles. The van der Waals surface area contributed by atoms with Crippen molar-refractivity contribution in [2.75, 3.05) is 11.5 Å². The topological polar surface area (TPSA) is 80.8 Å². The molecule has 3 aromatic rings. The number of Topliss-reactive ketones (excluding diaryl/α,β-unsaturated/α-hetero) is 1. The van der Waals surface area contributed by atoms with E-state index in [2.05, 4.69) is 24.3 Å². The number of carbonyl (C=O) groups excluding carboxylic acids is 4. The normalized spacial score (nSPS) is 23.4. The van der Waals surface area contributed by atoms with Gasteiger partial charge in [0.05, 0.1) is 23.1 Å². The van der Waals surface area contributed by atoms with Gasteiger partial charge in [-0.25, -0.2) is 9.69 Å². The minimum atomic E-state index is -0.671. The molecule has 2 atom stereocenters. The summed E-state index contributed by atoms with van der Waals surface area (Å²) < 4.78 is 5.23. The first-order valence-electron chi connectivity index (χ1n) is 12.5. The van der Waals surface area contributed by atoms with Gasteiger partial charge < -0.3 is 4.74 Å². The molecule has 6 heteroatoms. The van der Waals surface area contributed by atoms with Gasteiger partial charge in [-0.15, -0.1) is 0 Å². The second-order valence-electron chi connectivity index (χ2n) is 11.1. The largest absolute Gasteiger partial charge is 0.454 e. The van der Waals surface area contributed by atoms with Crippen LogP contribution in [0.5, 0.6) is 0 Å². The van der Waals surface area contributed by atoms with Gasteiger partial charge in [-0.05, 0) is 40.5 Å². The van der Waals surface area contributed by atoms with Crippen LogP contribution in [0.25, 0.3) is 0 Å². The molecule has 4 aliphatic rings. The number of amides is 2. The van der Waals surface area contributed by atoms with Crippen molar-refractivity contribution >= 4 is 29.3 Å². The summed E-state index contributed by atoms with van der Waals surface area (Å²) in [6.07, 6.45) is 0. The summed E-state index contributed by atoms with van der Waals surface area (Å²) in [5, 5.41) is 0. The summed E-state index contributed by atoms with van der Waals surface area (Å²) in [5.74, 6) is -2.74. The van der Waals surface area contributed by atoms with Gasteiger partial charge in [0.2, 0.25) is 11.8 Å². The van der Waals surface area contributed by atoms with E-state index < -0.39 is 23.2 Å². The average Bonchev–Trinajstić information content (AvgIpc) is 3.16. The van der Waals surface area contributed by atoms with E-state index in [-0.39, 0.29) is 41.6 Å². The van der Waals surface area contributed by atoms with E-state index in [9.17, 15) is 19.2 Å². The number of imide groups is 1. The summed E-state index contributed by atoms with van der Waals surface area (Å²) in [6.45, 7) is 4.95. The number of hydrogen-bond donors (Lipinski definition) is 0. The standard InChI is InChI=1S/C31H27NO5/c1-31(2,3)23(33)16-37-30(36)17-9-8-10-18(15-17)32-28(34)26-24-19-11-4-5-12-20(19)25(27(26)29(32)35)22-14-7-6-13-21(22)24/h4-15,24-27H,16H2,1-3H3/t24?,25?,26-,27+. The summed E-state index contributed by atoms with van der Waals surface area (Å²) in [7, 11) is 0. The molecule has 186 valence electrons. The lowest BCUT2D eigenvalue weighted by atomic mass is 9.55. The average molecular weight is 494 g/mol. The van der Waals surface area contributed by atoms with E-state index in [1.54, 1.807) is 39.0 Å². The van der Waals surface area contributed by atoms with Crippen molar-refractivity contribution in [2.45, 2.75) is 32.6 Å². The van der Waals surface area contributed by atoms with Gasteiger partial charge in [0.25, 0.3) is 0 Å². The molecule has 0 aromatic heterocycles. The molecule has 2 bridgehead atoms. The zero-order valence-corrected chi connectivity index (χ0v) is 20.9. The Balaban J connectivity index is 1.34. The maximum atomic E-state index is 13.9. The molecule has 1 heterocycles. The number of carbonyl (C=O) groups is 4. The van der Waals surface area contributed by atoms with Crippen LogP contribution in [-0.4, -0.2) is 30.2 Å². The van der Waals surface area contributed by atoms with Gasteiger partial charge in [0.1, 0.15) is 0 Å². The minimum absolute atomic E-state index is 0.184. The molecule has 3 aromatic carbocycles. The third kappa shape index (κ3) is 3.46. The first-order valence-corrected chi connectivity index (χ1v) is 12.5. The maximum Gasteiger partial charge on any atom is 0.338 e. The highest BCUT2D eigenvalue weighted by atomic mass is 16.5. The van der Waals surface area contributed by atoms with Crippen molar-refractivity contribution < 1.29 is 23.9 Å². The number of esters is 1. The van der Waals surface area contributed by atoms with E-state index in [1.165, 1.54) is 11.0 Å². The molecule has 1 saturated heterocycles. The first kappa shape index (κ1) is 23.3. The highest BCUT2D eigenvalue weighted by molar-refractivity contribution is 6.23. The molecule has 37 heavy (non-hydrogen) atoms. The Morgan fingerprint density at radius 1 is 0.757 bits per heavy atom. The van der Waals surface area contributed by atoms with E-state index in [0.29, 0.717) is 5.69 Å². The van der Waals surface area contributed by atoms with Gasteiger partial charge in [-0.2, -0.15) is 0 Å². The fraction of sp³-hybridized carbons (Fsp3) is 0.290. The van der Waals surface area contributed by atoms with E-state index in [4.69, 9.17) is 4.74 Å². The lowest BCUT2D eigenvalue weighted by molar-refractivity contribution is -0.129. The number of hydrogen-bond acceptors (Lipinski definition) is 5. The van der Waals surface area contributed by atoms with Crippen molar-refractivity contribution in [3.63, 3.8) is 0 Å². The van der Waals surface area contributed by atoms with Crippen molar-refractivity contribution in [3.05, 3.63) is 101 Å². The van der Waals surface area contributed by atoms with Gasteiger partial charge in [-0.3, -0.25) is 14.4 Å². The zero-order chi connectivity index (χ0) is 26.1. The minimum Gasteiger partial charge on any atom is -0.454 e. The quantitative estimate of drug-likeness (QED) is 0.383. The molecule has 1 aliphatic heterocycles. The molecule has 7 rings (SSSR count). The SMILES string of the molecule is CC(C)(C)C(=O)COC(=O)c1cccc(N2C(=O)[C@@H]3C4c5ccccc5C(c5ccccc54)[C@@H]3C2=O)c1. The molecule has 0 N–H and O–H groups in total. The van der Waals surface area contributed by atoms with Crippen molar-refractivity contribution in [2.24, 2.45) is 17.3 Å². The molecule has 6 nitrogen and oxygen atoms in total. The second kappa shape index (κ2) is 8.23. The Bertz CT molecular complexity index is 1370. The van der Waals surface area contributed by atoms with Crippen LogP contribution in [0.2, 0.25) is 0 Å². The third-order valence-corrected chi connectivity index (χ3v) is 7.96. The predicted molar refractivity (Wildman–Crippen MR) is 137 cm³/mol. The lowest BCUT2D eigenvalue weighted by Crippen LogP contribution is -2.41. The Labute approximate surface area is 215 Å². The van der Waals surface area contributed by atoms with E-state index >= 15 is 0 Å². The molecule has 0 spiro atoms. The van der Waals surface area contributed by atoms with Crippen LogP contribution >= 0.6 is 0 Å². The summed E-state index contributed by atoms with van der Waals surface area (Å²) >= 11 is 0. The maximum absolute atomic E-state index is 13.9. The van der Waals surface area contributed by atoms with Gasteiger partial charge >= 0.3 is 5.97 Å². The van der Waals surface area contributed by atoms with Crippen LogP contribution in [-0.2, 0) is 19.1 Å². The summed E-state index contributed by atoms with van der Waals surface area (Å²) in [5.41, 5.74) is 4.33. The smallest absolute Gasteiger partial charge is 0.338 e. The van der Waals surface area contributed by atoms with Crippen molar-refractivity contribution in [3.8, 4) is 0 Å². The molecule has 0 radical (unpaired) electrons. The molecule has 3 aliphatic carbocycles. The molecule has 1 fully saturated rings. The fourth-order valence-electron chi connectivity index (χ4n) is 6.13. The van der Waals surface area contributed by atoms with Crippen LogP contribution < -0.4 is 4.90 Å². The Morgan fingerprint density at radius 3 is 1.70 bits per heavy atom. The van der Waals surface area contributed by atoms with Crippen molar-refractivity contribution in [1.82, 2.24) is 0 Å². The number of ether oxygens (including phenoxy) is 1. The first-order chi connectivity index (χ1) is 17.7. The van der Waals surface area contributed by atoms with Crippen LogP contribution in [0.3, 0.4) is 0 Å². The number of benzene rings is 3. The molecular weight excluding hydrogens is 466 g/mol. The summed E-state index contributed by atoms with van der Waals surface area (Å²) in [6, 6.07) is 22.5. The number of ketones is 1. The van der Waals surface area contributed by atoms with Gasteiger partial charge in [0, 0.05) is 17.3 Å². The van der Waals surface area contributed by atoms with Crippen LogP contribution in [0.15, 0.2) is 72.8 Å². The Morgan fingerprint density at radius 2 is 1.24 bits per heavy atom. The van der Waals surface area contributed by atoms with Gasteiger partial charge in [0.15, 0.2) is 12.4 Å². The van der Waals surface area contributed by atoms with Crippen LogP contribution in [0.4, 0.5) is 5.69 Å². The van der Waals surface area contributed by atoms with Crippen LogP contribution in [0, 0.1) is 17.3 Å². The van der Waals surface area contributed by atoms with Crippen molar-refractivity contribution in [1.29, 1.82) is 0 Å². The molecule has 0 unspecified atom stereocenters. The van der Waals surface area contributed by atoms with Gasteiger partial charge in [-0.1, -0.05) is 75.4 Å². The highest BCUT2D eigenvalue weighted by Crippen LogP contribution is 2.61. The molecule has 2 amide bonds. The number of rotatable bonds is 4. The Kier molecular flexibility index (Phi) is 5.19. The van der Waals surface area contributed by atoms with E-state index in [1.807, 2.05) is 24.3 Å². The zero-order valence-electron chi connectivity index (χ0n) is 20.9. The lowest BCUT2D eigenvalue weighted by Gasteiger charge is -2.45. The fourth-order valence-corrected chi connectivity index (χ4v) is 6.13. The second-order valence-corrected chi connectivity index (χ2v) is 11.1. The third-order valence-electron chi connectivity index (χ3n) is 7.96. The highest BCUT2D eigenvalue weighted by Gasteiger charge is 2.61.